The van der Waals surface area contributed by atoms with Crippen LogP contribution in [-0.2, 0) is 23.1 Å². The van der Waals surface area contributed by atoms with Gasteiger partial charge in [-0.1, -0.05) is 13.8 Å². The molecule has 0 bridgehead atoms. The number of hydrogen-bond acceptors (Lipinski definition) is 4. The highest BCUT2D eigenvalue weighted by molar-refractivity contribution is 7.84. The zero-order chi connectivity index (χ0) is 12.0. The van der Waals surface area contributed by atoms with E-state index in [1.165, 1.54) is 6.33 Å². The monoisotopic (exact) mass is 244 g/mol. The number of aromatic nitrogens is 3. The lowest BCUT2D eigenvalue weighted by Gasteiger charge is -2.08. The van der Waals surface area contributed by atoms with Crippen LogP contribution in [0.25, 0.3) is 0 Å². The maximum absolute atomic E-state index is 11.8. The van der Waals surface area contributed by atoms with Gasteiger partial charge in [-0.25, -0.2) is 9.67 Å². The molecule has 0 saturated heterocycles. The van der Waals surface area contributed by atoms with E-state index >= 15 is 0 Å². The van der Waals surface area contributed by atoms with Gasteiger partial charge in [-0.05, 0) is 12.8 Å². The van der Waals surface area contributed by atoms with Crippen molar-refractivity contribution in [3.8, 4) is 0 Å². The third kappa shape index (κ3) is 4.02. The van der Waals surface area contributed by atoms with Gasteiger partial charge < -0.3 is 5.73 Å². The number of nitrogens with zero attached hydrogens (tertiary/aromatic N) is 3. The van der Waals surface area contributed by atoms with Gasteiger partial charge in [0.15, 0.2) is 0 Å². The van der Waals surface area contributed by atoms with Crippen molar-refractivity contribution in [3.05, 3.63) is 12.2 Å². The summed E-state index contributed by atoms with van der Waals surface area (Å²) in [6.07, 6.45) is 3.37. The molecule has 1 aromatic heterocycles. The zero-order valence-corrected chi connectivity index (χ0v) is 10.7. The molecular weight excluding hydrogens is 224 g/mol. The maximum atomic E-state index is 11.8. The Kier molecular flexibility index (Phi) is 5.62. The van der Waals surface area contributed by atoms with Crippen molar-refractivity contribution in [2.24, 2.45) is 5.73 Å². The normalized spacial score (nSPS) is 14.9. The highest BCUT2D eigenvalue weighted by atomic mass is 32.2. The topological polar surface area (TPSA) is 73.8 Å². The van der Waals surface area contributed by atoms with Crippen LogP contribution < -0.4 is 5.73 Å². The van der Waals surface area contributed by atoms with Gasteiger partial charge in [-0.3, -0.25) is 4.21 Å². The first-order chi connectivity index (χ1) is 7.67. The summed E-state index contributed by atoms with van der Waals surface area (Å²) in [7, 11) is -0.942. The lowest BCUT2D eigenvalue weighted by Crippen LogP contribution is -2.27. The molecule has 0 aromatic carbocycles. The Bertz CT molecular complexity index is 339. The van der Waals surface area contributed by atoms with Gasteiger partial charge in [0.25, 0.3) is 0 Å². The van der Waals surface area contributed by atoms with E-state index in [9.17, 15) is 4.21 Å². The molecule has 0 aliphatic rings. The molecule has 0 amide bonds. The average molecular weight is 244 g/mol. The molecule has 0 radical (unpaired) electrons. The summed E-state index contributed by atoms with van der Waals surface area (Å²) in [4.78, 5) is 4.13. The van der Waals surface area contributed by atoms with Gasteiger partial charge in [0.2, 0.25) is 0 Å². The van der Waals surface area contributed by atoms with Crippen molar-refractivity contribution in [1.29, 1.82) is 0 Å². The minimum Gasteiger partial charge on any atom is -0.327 e. The van der Waals surface area contributed by atoms with E-state index < -0.39 is 10.8 Å². The molecule has 2 N–H and O–H groups in total. The number of aryl methyl sites for hydroxylation is 1. The molecular formula is C10H20N4OS. The van der Waals surface area contributed by atoms with E-state index in [1.54, 1.807) is 0 Å². The summed E-state index contributed by atoms with van der Waals surface area (Å²) in [5.41, 5.74) is 5.76. The maximum Gasteiger partial charge on any atom is 0.139 e. The molecule has 2 unspecified atom stereocenters. The quantitative estimate of drug-likeness (QED) is 0.765. The fraction of sp³-hybridized carbons (Fsp3) is 0.800. The first kappa shape index (κ1) is 13.3. The van der Waals surface area contributed by atoms with E-state index in [2.05, 4.69) is 17.0 Å². The van der Waals surface area contributed by atoms with Crippen molar-refractivity contribution in [2.45, 2.75) is 45.0 Å². The lowest BCUT2D eigenvalue weighted by molar-refractivity contribution is 0.578. The first-order valence-electron chi connectivity index (χ1n) is 5.64. The zero-order valence-electron chi connectivity index (χ0n) is 9.93. The Hall–Kier alpha value is -0.750. The molecule has 1 aromatic rings. The van der Waals surface area contributed by atoms with E-state index in [0.717, 1.165) is 25.2 Å². The minimum atomic E-state index is -0.942. The summed E-state index contributed by atoms with van der Waals surface area (Å²) in [5.74, 6) is 1.78. The van der Waals surface area contributed by atoms with Crippen molar-refractivity contribution < 1.29 is 4.21 Å². The van der Waals surface area contributed by atoms with Crippen LogP contribution in [-0.4, -0.2) is 30.8 Å². The fourth-order valence-corrected chi connectivity index (χ4v) is 2.70. The standard InChI is InChI=1S/C10H20N4OS/c1-3-5-14-10(12-8-13-14)7-16(15)6-9(11)4-2/h8-9H,3-7,11H2,1-2H3. The average Bonchev–Trinajstić information content (AvgIpc) is 2.66. The van der Waals surface area contributed by atoms with Crippen molar-refractivity contribution in [1.82, 2.24) is 14.8 Å². The van der Waals surface area contributed by atoms with Gasteiger partial charge >= 0.3 is 0 Å². The van der Waals surface area contributed by atoms with Crippen LogP contribution in [0.4, 0.5) is 0 Å². The molecule has 0 aliphatic heterocycles. The summed E-state index contributed by atoms with van der Waals surface area (Å²) < 4.78 is 13.6. The van der Waals surface area contributed by atoms with Gasteiger partial charge in [0.05, 0.1) is 5.75 Å². The van der Waals surface area contributed by atoms with Crippen molar-refractivity contribution >= 4 is 10.8 Å². The summed E-state index contributed by atoms with van der Waals surface area (Å²) in [6, 6.07) is 0.0170. The molecule has 6 heteroatoms. The Morgan fingerprint density at radius 3 is 2.94 bits per heavy atom. The second-order valence-corrected chi connectivity index (χ2v) is 5.32. The van der Waals surface area contributed by atoms with Gasteiger partial charge in [-0.2, -0.15) is 5.10 Å². The second-order valence-electron chi connectivity index (χ2n) is 3.82. The SMILES string of the molecule is CCCn1ncnc1CS(=O)CC(N)CC. The summed E-state index contributed by atoms with van der Waals surface area (Å²) in [6.45, 7) is 4.91. The molecule has 0 saturated carbocycles. The van der Waals surface area contributed by atoms with Crippen LogP contribution in [0.1, 0.15) is 32.5 Å². The number of hydrogen-bond donors (Lipinski definition) is 1. The molecule has 2 atom stereocenters. The van der Waals surface area contributed by atoms with E-state index in [4.69, 9.17) is 5.73 Å². The smallest absolute Gasteiger partial charge is 0.139 e. The van der Waals surface area contributed by atoms with Gasteiger partial charge in [0, 0.05) is 29.1 Å². The predicted octanol–water partition coefficient (Wildman–Crippen LogP) is 0.674. The van der Waals surface area contributed by atoms with Gasteiger partial charge in [-0.15, -0.1) is 0 Å². The Morgan fingerprint density at radius 1 is 1.56 bits per heavy atom. The van der Waals surface area contributed by atoms with Crippen LogP contribution >= 0.6 is 0 Å². The van der Waals surface area contributed by atoms with E-state index in [-0.39, 0.29) is 6.04 Å². The van der Waals surface area contributed by atoms with E-state index in [1.807, 2.05) is 11.6 Å². The predicted molar refractivity (Wildman–Crippen MR) is 65.3 cm³/mol. The summed E-state index contributed by atoms with van der Waals surface area (Å²) >= 11 is 0. The summed E-state index contributed by atoms with van der Waals surface area (Å²) in [5, 5.41) is 4.10. The van der Waals surface area contributed by atoms with E-state index in [0.29, 0.717) is 11.5 Å². The molecule has 1 heterocycles. The third-order valence-corrected chi connectivity index (χ3v) is 3.73. The third-order valence-electron chi connectivity index (χ3n) is 2.35. The Balaban J connectivity index is 2.52. The number of rotatable bonds is 7. The molecule has 0 aliphatic carbocycles. The van der Waals surface area contributed by atoms with Crippen LogP contribution in [0.2, 0.25) is 0 Å². The molecule has 5 nitrogen and oxygen atoms in total. The molecule has 0 fully saturated rings. The lowest BCUT2D eigenvalue weighted by atomic mass is 10.3. The van der Waals surface area contributed by atoms with Crippen LogP contribution in [0.5, 0.6) is 0 Å². The highest BCUT2D eigenvalue weighted by Gasteiger charge is 2.11. The highest BCUT2D eigenvalue weighted by Crippen LogP contribution is 2.02. The van der Waals surface area contributed by atoms with Crippen molar-refractivity contribution in [3.63, 3.8) is 0 Å². The van der Waals surface area contributed by atoms with Crippen LogP contribution in [0.3, 0.4) is 0 Å². The fourth-order valence-electron chi connectivity index (χ4n) is 1.36. The largest absolute Gasteiger partial charge is 0.327 e. The minimum absolute atomic E-state index is 0.0170. The molecule has 1 rings (SSSR count). The van der Waals surface area contributed by atoms with Crippen LogP contribution in [0.15, 0.2) is 6.33 Å². The van der Waals surface area contributed by atoms with Crippen molar-refractivity contribution in [2.75, 3.05) is 5.75 Å². The van der Waals surface area contributed by atoms with Crippen LogP contribution in [0, 0.1) is 0 Å². The number of nitrogens with two attached hydrogens (primary N) is 1. The van der Waals surface area contributed by atoms with Gasteiger partial charge in [0.1, 0.15) is 12.2 Å². The Labute approximate surface area is 98.9 Å². The second kappa shape index (κ2) is 6.75. The Morgan fingerprint density at radius 2 is 2.31 bits per heavy atom. The molecule has 16 heavy (non-hydrogen) atoms. The first-order valence-corrected chi connectivity index (χ1v) is 7.13. The molecule has 92 valence electrons. The molecule has 0 spiro atoms.